The van der Waals surface area contributed by atoms with Crippen LogP contribution in [0, 0.1) is 13.8 Å². The lowest BCUT2D eigenvalue weighted by Crippen LogP contribution is -2.35. The van der Waals surface area contributed by atoms with Crippen LogP contribution in [0.1, 0.15) is 32.1 Å². The summed E-state index contributed by atoms with van der Waals surface area (Å²) in [7, 11) is 0. The molecule has 0 saturated carbocycles. The van der Waals surface area contributed by atoms with Crippen molar-refractivity contribution in [2.45, 2.75) is 26.8 Å². The Morgan fingerprint density at radius 1 is 1.25 bits per heavy atom. The first-order valence-electron chi connectivity index (χ1n) is 8.09. The van der Waals surface area contributed by atoms with Crippen molar-refractivity contribution in [3.8, 4) is 5.69 Å². The van der Waals surface area contributed by atoms with Crippen molar-refractivity contribution < 1.29 is 4.79 Å². The second-order valence-electron chi connectivity index (χ2n) is 6.24. The van der Waals surface area contributed by atoms with E-state index in [1.54, 1.807) is 17.5 Å². The SMILES string of the molecule is Cc1cccc(-n2ncc(C(=O)N3CCc4sccc4C3)c2C)c1. The monoisotopic (exact) mass is 337 g/mol. The number of thiophene rings is 1. The number of hydrogen-bond donors (Lipinski definition) is 0. The van der Waals surface area contributed by atoms with Gasteiger partial charge in [-0.15, -0.1) is 11.3 Å². The van der Waals surface area contributed by atoms with E-state index < -0.39 is 0 Å². The smallest absolute Gasteiger partial charge is 0.257 e. The first-order valence-corrected chi connectivity index (χ1v) is 8.97. The minimum atomic E-state index is 0.0725. The second kappa shape index (κ2) is 5.91. The molecule has 0 bridgehead atoms. The molecule has 0 fully saturated rings. The molecule has 4 nitrogen and oxygen atoms in total. The van der Waals surface area contributed by atoms with Crippen molar-refractivity contribution in [1.29, 1.82) is 0 Å². The van der Waals surface area contributed by atoms with Crippen LogP contribution in [0.3, 0.4) is 0 Å². The molecule has 1 aliphatic heterocycles. The number of benzene rings is 1. The summed E-state index contributed by atoms with van der Waals surface area (Å²) < 4.78 is 1.85. The molecule has 0 saturated heterocycles. The molecule has 1 aliphatic rings. The van der Waals surface area contributed by atoms with E-state index in [0.717, 1.165) is 24.3 Å². The van der Waals surface area contributed by atoms with Gasteiger partial charge in [0.25, 0.3) is 5.91 Å². The Morgan fingerprint density at radius 2 is 2.12 bits per heavy atom. The zero-order valence-corrected chi connectivity index (χ0v) is 14.6. The van der Waals surface area contributed by atoms with Gasteiger partial charge in [-0.1, -0.05) is 12.1 Å². The topological polar surface area (TPSA) is 38.1 Å². The Labute approximate surface area is 145 Å². The van der Waals surface area contributed by atoms with Crippen LogP contribution in [0.25, 0.3) is 5.69 Å². The normalized spacial score (nSPS) is 13.8. The maximum absolute atomic E-state index is 12.9. The van der Waals surface area contributed by atoms with Gasteiger partial charge in [0.15, 0.2) is 0 Å². The molecule has 1 amide bonds. The summed E-state index contributed by atoms with van der Waals surface area (Å²) in [5.41, 5.74) is 5.03. The Balaban J connectivity index is 1.62. The van der Waals surface area contributed by atoms with Crippen LogP contribution < -0.4 is 0 Å². The third-order valence-electron chi connectivity index (χ3n) is 4.58. The summed E-state index contributed by atoms with van der Waals surface area (Å²) in [5.74, 6) is 0.0725. The molecular weight excluding hydrogens is 318 g/mol. The number of hydrogen-bond acceptors (Lipinski definition) is 3. The van der Waals surface area contributed by atoms with Gasteiger partial charge in [-0.2, -0.15) is 5.10 Å². The average Bonchev–Trinajstić information content (AvgIpc) is 3.19. The van der Waals surface area contributed by atoms with Gasteiger partial charge in [-0.05, 0) is 55.0 Å². The van der Waals surface area contributed by atoms with Gasteiger partial charge in [-0.25, -0.2) is 4.68 Å². The van der Waals surface area contributed by atoms with Crippen LogP contribution in [0.5, 0.6) is 0 Å². The Bertz CT molecular complexity index is 909. The van der Waals surface area contributed by atoms with Crippen LogP contribution >= 0.6 is 11.3 Å². The van der Waals surface area contributed by atoms with Gasteiger partial charge in [0.1, 0.15) is 0 Å². The minimum absolute atomic E-state index is 0.0725. The quantitative estimate of drug-likeness (QED) is 0.714. The lowest BCUT2D eigenvalue weighted by atomic mass is 10.1. The average molecular weight is 337 g/mol. The third kappa shape index (κ3) is 2.55. The molecule has 0 atom stereocenters. The highest BCUT2D eigenvalue weighted by atomic mass is 32.1. The molecule has 122 valence electrons. The van der Waals surface area contributed by atoms with Crippen molar-refractivity contribution in [2.24, 2.45) is 0 Å². The zero-order valence-electron chi connectivity index (χ0n) is 13.8. The third-order valence-corrected chi connectivity index (χ3v) is 5.60. The molecule has 0 spiro atoms. The number of aromatic nitrogens is 2. The van der Waals surface area contributed by atoms with E-state index in [-0.39, 0.29) is 5.91 Å². The number of amides is 1. The highest BCUT2D eigenvalue weighted by molar-refractivity contribution is 7.10. The zero-order chi connectivity index (χ0) is 16.7. The molecule has 1 aromatic carbocycles. The highest BCUT2D eigenvalue weighted by Gasteiger charge is 2.25. The molecule has 0 unspecified atom stereocenters. The predicted molar refractivity (Wildman–Crippen MR) is 95.8 cm³/mol. The van der Waals surface area contributed by atoms with Crippen LogP contribution in [0.4, 0.5) is 0 Å². The lowest BCUT2D eigenvalue weighted by Gasteiger charge is -2.26. The summed E-state index contributed by atoms with van der Waals surface area (Å²) in [6, 6.07) is 10.3. The Morgan fingerprint density at radius 3 is 2.96 bits per heavy atom. The van der Waals surface area contributed by atoms with E-state index in [2.05, 4.69) is 35.6 Å². The molecular formula is C19H19N3OS. The van der Waals surface area contributed by atoms with E-state index in [0.29, 0.717) is 12.1 Å². The van der Waals surface area contributed by atoms with Crippen LogP contribution in [0.2, 0.25) is 0 Å². The van der Waals surface area contributed by atoms with Gasteiger partial charge < -0.3 is 4.90 Å². The molecule has 4 rings (SSSR count). The van der Waals surface area contributed by atoms with Crippen molar-refractivity contribution in [1.82, 2.24) is 14.7 Å². The fraction of sp³-hybridized carbons (Fsp3) is 0.263. The van der Waals surface area contributed by atoms with Crippen LogP contribution in [-0.4, -0.2) is 27.1 Å². The number of carbonyl (C=O) groups excluding carboxylic acids is 1. The van der Waals surface area contributed by atoms with Crippen molar-refractivity contribution in [3.63, 3.8) is 0 Å². The maximum atomic E-state index is 12.9. The maximum Gasteiger partial charge on any atom is 0.257 e. The van der Waals surface area contributed by atoms with E-state index >= 15 is 0 Å². The van der Waals surface area contributed by atoms with E-state index in [9.17, 15) is 4.79 Å². The number of fused-ring (bicyclic) bond motifs is 1. The van der Waals surface area contributed by atoms with Gasteiger partial charge in [0.2, 0.25) is 0 Å². The molecule has 0 N–H and O–H groups in total. The summed E-state index contributed by atoms with van der Waals surface area (Å²) in [6.45, 7) is 5.50. The molecule has 2 aromatic heterocycles. The number of carbonyl (C=O) groups is 1. The Hall–Kier alpha value is -2.40. The predicted octanol–water partition coefficient (Wildman–Crippen LogP) is 3.75. The molecule has 0 radical (unpaired) electrons. The Kier molecular flexibility index (Phi) is 3.73. The minimum Gasteiger partial charge on any atom is -0.334 e. The number of rotatable bonds is 2. The molecule has 24 heavy (non-hydrogen) atoms. The first-order chi connectivity index (χ1) is 11.6. The van der Waals surface area contributed by atoms with Crippen molar-refractivity contribution >= 4 is 17.2 Å². The fourth-order valence-corrected chi connectivity index (χ4v) is 4.12. The summed E-state index contributed by atoms with van der Waals surface area (Å²) >= 11 is 1.79. The van der Waals surface area contributed by atoms with Crippen LogP contribution in [0.15, 0.2) is 41.9 Å². The lowest BCUT2D eigenvalue weighted by molar-refractivity contribution is 0.0735. The summed E-state index contributed by atoms with van der Waals surface area (Å²) in [6.07, 6.45) is 2.65. The molecule has 5 heteroatoms. The van der Waals surface area contributed by atoms with Gasteiger partial charge in [0, 0.05) is 18.0 Å². The standard InChI is InChI=1S/C19H19N3OS/c1-13-4-3-5-16(10-13)22-14(2)17(11-20-22)19(23)21-8-6-18-15(12-21)7-9-24-18/h3-5,7,9-11H,6,8,12H2,1-2H3. The largest absolute Gasteiger partial charge is 0.334 e. The van der Waals surface area contributed by atoms with E-state index in [4.69, 9.17) is 0 Å². The molecule has 0 aliphatic carbocycles. The summed E-state index contributed by atoms with van der Waals surface area (Å²) in [4.78, 5) is 16.3. The highest BCUT2D eigenvalue weighted by Crippen LogP contribution is 2.26. The number of nitrogens with zero attached hydrogens (tertiary/aromatic N) is 3. The van der Waals surface area contributed by atoms with Crippen molar-refractivity contribution in [3.05, 3.63) is 69.2 Å². The number of aryl methyl sites for hydroxylation is 1. The van der Waals surface area contributed by atoms with Gasteiger partial charge in [0.05, 0.1) is 23.1 Å². The second-order valence-corrected chi connectivity index (χ2v) is 7.24. The fourth-order valence-electron chi connectivity index (χ4n) is 3.23. The summed E-state index contributed by atoms with van der Waals surface area (Å²) in [5, 5.41) is 6.56. The van der Waals surface area contributed by atoms with Crippen LogP contribution in [-0.2, 0) is 13.0 Å². The first kappa shape index (κ1) is 15.1. The van der Waals surface area contributed by atoms with E-state index in [1.165, 1.54) is 16.0 Å². The van der Waals surface area contributed by atoms with Gasteiger partial charge in [-0.3, -0.25) is 4.79 Å². The van der Waals surface area contributed by atoms with E-state index in [1.807, 2.05) is 28.6 Å². The van der Waals surface area contributed by atoms with Crippen molar-refractivity contribution in [2.75, 3.05) is 6.54 Å². The molecule has 3 aromatic rings. The van der Waals surface area contributed by atoms with Gasteiger partial charge >= 0.3 is 0 Å². The molecule has 3 heterocycles.